The lowest BCUT2D eigenvalue weighted by atomic mass is 9.60. The Hall–Kier alpha value is -0.900. The second kappa shape index (κ2) is 9.76. The molecule has 0 saturated heterocycles. The summed E-state index contributed by atoms with van der Waals surface area (Å²) in [5.41, 5.74) is 3.33. The van der Waals surface area contributed by atoms with Crippen LogP contribution < -0.4 is 0 Å². The normalized spacial score (nSPS) is 39.3. The number of allylic oxidation sites excluding steroid dienone is 3. The van der Waals surface area contributed by atoms with Crippen molar-refractivity contribution in [3.63, 3.8) is 0 Å². The van der Waals surface area contributed by atoms with Crippen molar-refractivity contribution in [2.75, 3.05) is 0 Å². The lowest BCUT2D eigenvalue weighted by Crippen LogP contribution is -2.36. The number of aliphatic hydroxyl groups excluding tert-OH is 2. The molecular formula is C29H46O3. The third-order valence-corrected chi connectivity index (χ3v) is 9.86. The molecular weight excluding hydrogens is 396 g/mol. The molecule has 4 fully saturated rings. The standard InChI is InChI=1S/C29H46O3/c1-20(8-6-17-29(32)15-4-5-16-29)24-12-13-25-23(9-7-14-28(24,25)3)11-10-22-18-26(30)21(2)27(31)19-22/h10-11,20,24-27,30-32H,2,4-9,12-19H2,1,3H3/t20-,24+,25-,26+,27+,28+/m0/s1. The smallest absolute Gasteiger partial charge is 0.0809 e. The predicted molar refractivity (Wildman–Crippen MR) is 131 cm³/mol. The first kappa shape index (κ1) is 24.2. The SMILES string of the molecule is C=C1[C@H](O)CC(=CC=C2CCC[C@]3(C)[C@@H]([C@@H](C)CCCC4(O)CCCC4)CC[C@@H]23)C[C@H]1O. The van der Waals surface area contributed by atoms with Gasteiger partial charge in [-0.15, -0.1) is 0 Å². The Morgan fingerprint density at radius 3 is 2.41 bits per heavy atom. The summed E-state index contributed by atoms with van der Waals surface area (Å²) >= 11 is 0. The minimum Gasteiger partial charge on any atom is -0.390 e. The van der Waals surface area contributed by atoms with Crippen molar-refractivity contribution in [3.8, 4) is 0 Å². The highest BCUT2D eigenvalue weighted by Gasteiger charge is 2.50. The lowest BCUT2D eigenvalue weighted by Gasteiger charge is -2.44. The molecule has 4 aliphatic carbocycles. The van der Waals surface area contributed by atoms with Crippen molar-refractivity contribution in [3.05, 3.63) is 35.5 Å². The Kier molecular flexibility index (Phi) is 7.39. The van der Waals surface area contributed by atoms with E-state index in [1.54, 1.807) is 5.57 Å². The van der Waals surface area contributed by atoms with Gasteiger partial charge in [0.1, 0.15) is 0 Å². The lowest BCUT2D eigenvalue weighted by molar-refractivity contribution is 0.0318. The average molecular weight is 443 g/mol. The van der Waals surface area contributed by atoms with E-state index < -0.39 is 12.2 Å². The van der Waals surface area contributed by atoms with Crippen LogP contribution in [0.15, 0.2) is 35.5 Å². The van der Waals surface area contributed by atoms with E-state index in [0.717, 1.165) is 36.7 Å². The highest BCUT2D eigenvalue weighted by Crippen LogP contribution is 2.60. The molecule has 0 radical (unpaired) electrons. The average Bonchev–Trinajstić information content (AvgIpc) is 3.33. The summed E-state index contributed by atoms with van der Waals surface area (Å²) in [6.07, 6.45) is 18.8. The van der Waals surface area contributed by atoms with E-state index in [-0.39, 0.29) is 5.60 Å². The highest BCUT2D eigenvalue weighted by atomic mass is 16.3. The molecule has 0 bridgehead atoms. The molecule has 0 aliphatic heterocycles. The van der Waals surface area contributed by atoms with E-state index in [4.69, 9.17) is 0 Å². The summed E-state index contributed by atoms with van der Waals surface area (Å²) in [7, 11) is 0. The molecule has 3 heteroatoms. The van der Waals surface area contributed by atoms with Gasteiger partial charge in [-0.3, -0.25) is 0 Å². The molecule has 0 spiro atoms. The Labute approximate surface area is 195 Å². The van der Waals surface area contributed by atoms with Crippen molar-refractivity contribution in [2.24, 2.45) is 23.2 Å². The third-order valence-electron chi connectivity index (χ3n) is 9.86. The van der Waals surface area contributed by atoms with Crippen LogP contribution in [0.2, 0.25) is 0 Å². The minimum absolute atomic E-state index is 0.358. The quantitative estimate of drug-likeness (QED) is 0.427. The van der Waals surface area contributed by atoms with Gasteiger partial charge >= 0.3 is 0 Å². The molecule has 4 rings (SSSR count). The van der Waals surface area contributed by atoms with Gasteiger partial charge in [-0.2, -0.15) is 0 Å². The van der Waals surface area contributed by atoms with E-state index in [1.165, 1.54) is 57.8 Å². The molecule has 4 saturated carbocycles. The number of rotatable bonds is 6. The Bertz CT molecular complexity index is 728. The van der Waals surface area contributed by atoms with Crippen LogP contribution in [0.4, 0.5) is 0 Å². The highest BCUT2D eigenvalue weighted by molar-refractivity contribution is 5.29. The van der Waals surface area contributed by atoms with E-state index in [9.17, 15) is 15.3 Å². The minimum atomic E-state index is -0.612. The van der Waals surface area contributed by atoms with E-state index in [2.05, 4.69) is 32.6 Å². The molecule has 3 nitrogen and oxygen atoms in total. The van der Waals surface area contributed by atoms with Gasteiger partial charge in [0.15, 0.2) is 0 Å². The van der Waals surface area contributed by atoms with Crippen LogP contribution in [0.5, 0.6) is 0 Å². The number of fused-ring (bicyclic) bond motifs is 1. The Balaban J connectivity index is 1.38. The molecule has 4 aliphatic rings. The molecule has 32 heavy (non-hydrogen) atoms. The molecule has 0 aromatic rings. The molecule has 0 amide bonds. The molecule has 0 aromatic heterocycles. The summed E-state index contributed by atoms with van der Waals surface area (Å²) < 4.78 is 0. The van der Waals surface area contributed by atoms with Crippen molar-refractivity contribution in [1.82, 2.24) is 0 Å². The van der Waals surface area contributed by atoms with Gasteiger partial charge in [0.25, 0.3) is 0 Å². The summed E-state index contributed by atoms with van der Waals surface area (Å²) in [6.45, 7) is 8.85. The monoisotopic (exact) mass is 442 g/mol. The van der Waals surface area contributed by atoms with Crippen LogP contribution in [-0.4, -0.2) is 33.1 Å². The largest absolute Gasteiger partial charge is 0.390 e. The fourth-order valence-electron chi connectivity index (χ4n) is 7.88. The van der Waals surface area contributed by atoms with Crippen molar-refractivity contribution < 1.29 is 15.3 Å². The number of hydrogen-bond donors (Lipinski definition) is 3. The molecule has 6 atom stereocenters. The zero-order valence-electron chi connectivity index (χ0n) is 20.5. The molecule has 0 heterocycles. The predicted octanol–water partition coefficient (Wildman–Crippen LogP) is 6.24. The maximum absolute atomic E-state index is 10.7. The third kappa shape index (κ3) is 4.95. The second-order valence-corrected chi connectivity index (χ2v) is 12.0. The number of hydrogen-bond acceptors (Lipinski definition) is 3. The topological polar surface area (TPSA) is 60.7 Å². The van der Waals surface area contributed by atoms with Gasteiger partial charge in [-0.1, -0.05) is 69.4 Å². The van der Waals surface area contributed by atoms with Crippen LogP contribution in [0.1, 0.15) is 104 Å². The maximum Gasteiger partial charge on any atom is 0.0809 e. The first-order valence-electron chi connectivity index (χ1n) is 13.4. The molecule has 180 valence electrons. The van der Waals surface area contributed by atoms with Crippen molar-refractivity contribution in [2.45, 2.75) is 122 Å². The van der Waals surface area contributed by atoms with Crippen LogP contribution in [0, 0.1) is 23.2 Å². The first-order valence-corrected chi connectivity index (χ1v) is 13.4. The summed E-state index contributed by atoms with van der Waals surface area (Å²) in [6, 6.07) is 0. The van der Waals surface area contributed by atoms with Crippen LogP contribution >= 0.6 is 0 Å². The number of aliphatic hydroxyl groups is 3. The van der Waals surface area contributed by atoms with E-state index >= 15 is 0 Å². The van der Waals surface area contributed by atoms with Crippen LogP contribution in [0.25, 0.3) is 0 Å². The second-order valence-electron chi connectivity index (χ2n) is 12.0. The van der Waals surface area contributed by atoms with Crippen LogP contribution in [-0.2, 0) is 0 Å². The zero-order chi connectivity index (χ0) is 22.9. The fourth-order valence-corrected chi connectivity index (χ4v) is 7.88. The van der Waals surface area contributed by atoms with Gasteiger partial charge in [-0.05, 0) is 93.0 Å². The van der Waals surface area contributed by atoms with Gasteiger partial charge in [0.05, 0.1) is 17.8 Å². The molecule has 0 aromatic carbocycles. The van der Waals surface area contributed by atoms with Gasteiger partial charge in [-0.25, -0.2) is 0 Å². The van der Waals surface area contributed by atoms with Crippen molar-refractivity contribution >= 4 is 0 Å². The summed E-state index contributed by atoms with van der Waals surface area (Å²) in [5.74, 6) is 2.18. The Morgan fingerprint density at radius 2 is 1.72 bits per heavy atom. The van der Waals surface area contributed by atoms with Gasteiger partial charge in [0.2, 0.25) is 0 Å². The van der Waals surface area contributed by atoms with Crippen LogP contribution in [0.3, 0.4) is 0 Å². The summed E-state index contributed by atoms with van der Waals surface area (Å²) in [4.78, 5) is 0. The van der Waals surface area contributed by atoms with E-state index in [0.29, 0.717) is 29.7 Å². The van der Waals surface area contributed by atoms with Crippen molar-refractivity contribution in [1.29, 1.82) is 0 Å². The maximum atomic E-state index is 10.7. The molecule has 0 unspecified atom stereocenters. The first-order chi connectivity index (χ1) is 15.2. The van der Waals surface area contributed by atoms with Gasteiger partial charge in [0, 0.05) is 0 Å². The zero-order valence-corrected chi connectivity index (χ0v) is 20.5. The molecule has 3 N–H and O–H groups in total. The van der Waals surface area contributed by atoms with Gasteiger partial charge < -0.3 is 15.3 Å². The Morgan fingerprint density at radius 1 is 1.03 bits per heavy atom. The summed E-state index contributed by atoms with van der Waals surface area (Å²) in [5, 5.41) is 31.0. The fraction of sp³-hybridized carbons (Fsp3) is 0.793. The van der Waals surface area contributed by atoms with E-state index in [1.807, 2.05) is 0 Å².